The summed E-state index contributed by atoms with van der Waals surface area (Å²) in [7, 11) is 0. The van der Waals surface area contributed by atoms with Gasteiger partial charge in [-0.25, -0.2) is 4.79 Å². The zero-order chi connectivity index (χ0) is 17.5. The summed E-state index contributed by atoms with van der Waals surface area (Å²) in [5.41, 5.74) is 2.24. The quantitative estimate of drug-likeness (QED) is 0.809. The van der Waals surface area contributed by atoms with Crippen LogP contribution in [0.1, 0.15) is 24.0 Å². The number of amides is 1. The average molecular weight is 339 g/mol. The third kappa shape index (κ3) is 5.24. The first kappa shape index (κ1) is 17.3. The molecule has 0 bridgehead atoms. The molecule has 25 heavy (non-hydrogen) atoms. The third-order valence-corrected chi connectivity index (χ3v) is 4.58. The number of benzene rings is 2. The van der Waals surface area contributed by atoms with Gasteiger partial charge in [0.05, 0.1) is 6.61 Å². The molecule has 0 aliphatic carbocycles. The molecule has 0 unspecified atom stereocenters. The largest absolute Gasteiger partial charge is 0.493 e. The van der Waals surface area contributed by atoms with Gasteiger partial charge in [0, 0.05) is 13.1 Å². The van der Waals surface area contributed by atoms with Crippen molar-refractivity contribution in [3.05, 3.63) is 65.7 Å². The average Bonchev–Trinajstić information content (AvgIpc) is 2.67. The topological polar surface area (TPSA) is 38.8 Å². The molecule has 2 aromatic rings. The van der Waals surface area contributed by atoms with Crippen molar-refractivity contribution >= 4 is 6.09 Å². The molecule has 1 aliphatic heterocycles. The first-order chi connectivity index (χ1) is 12.2. The SMILES string of the molecule is Cc1ccc(OCC2CCN(C(=O)OCc3ccccc3)CC2)cc1. The first-order valence-electron chi connectivity index (χ1n) is 8.86. The lowest BCUT2D eigenvalue weighted by molar-refractivity contribution is 0.0761. The number of rotatable bonds is 5. The molecule has 1 saturated heterocycles. The summed E-state index contributed by atoms with van der Waals surface area (Å²) in [6, 6.07) is 17.9. The molecule has 1 aliphatic rings. The molecule has 4 heteroatoms. The van der Waals surface area contributed by atoms with Crippen LogP contribution < -0.4 is 4.74 Å². The van der Waals surface area contributed by atoms with Crippen molar-refractivity contribution in [2.45, 2.75) is 26.4 Å². The van der Waals surface area contributed by atoms with Crippen LogP contribution in [0.4, 0.5) is 4.79 Å². The Morgan fingerprint density at radius 2 is 1.72 bits per heavy atom. The fraction of sp³-hybridized carbons (Fsp3) is 0.381. The van der Waals surface area contributed by atoms with Gasteiger partial charge in [0.15, 0.2) is 0 Å². The predicted octanol–water partition coefficient (Wildman–Crippen LogP) is 4.42. The lowest BCUT2D eigenvalue weighted by atomic mass is 9.98. The van der Waals surface area contributed by atoms with E-state index in [9.17, 15) is 4.79 Å². The molecule has 1 amide bonds. The van der Waals surface area contributed by atoms with Crippen LogP contribution in [-0.2, 0) is 11.3 Å². The number of hydrogen-bond acceptors (Lipinski definition) is 3. The molecule has 1 fully saturated rings. The van der Waals surface area contributed by atoms with Gasteiger partial charge >= 0.3 is 6.09 Å². The van der Waals surface area contributed by atoms with E-state index in [0.717, 1.165) is 37.2 Å². The van der Waals surface area contributed by atoms with E-state index in [0.29, 0.717) is 19.1 Å². The van der Waals surface area contributed by atoms with Crippen LogP contribution >= 0.6 is 0 Å². The van der Waals surface area contributed by atoms with Crippen LogP contribution in [-0.4, -0.2) is 30.7 Å². The first-order valence-corrected chi connectivity index (χ1v) is 8.86. The Bertz CT molecular complexity index is 661. The molecule has 0 atom stereocenters. The third-order valence-electron chi connectivity index (χ3n) is 4.58. The van der Waals surface area contributed by atoms with E-state index in [-0.39, 0.29) is 6.09 Å². The predicted molar refractivity (Wildman–Crippen MR) is 97.6 cm³/mol. The molecule has 1 heterocycles. The van der Waals surface area contributed by atoms with Crippen LogP contribution in [0, 0.1) is 12.8 Å². The minimum atomic E-state index is -0.221. The highest BCUT2D eigenvalue weighted by atomic mass is 16.6. The molecule has 4 nitrogen and oxygen atoms in total. The lowest BCUT2D eigenvalue weighted by Crippen LogP contribution is -2.39. The molecule has 0 spiro atoms. The maximum absolute atomic E-state index is 12.2. The highest BCUT2D eigenvalue weighted by molar-refractivity contribution is 5.67. The second kappa shape index (κ2) is 8.56. The molecule has 0 N–H and O–H groups in total. The van der Waals surface area contributed by atoms with Crippen molar-refractivity contribution in [3.8, 4) is 5.75 Å². The standard InChI is InChI=1S/C21H25NO3/c1-17-7-9-20(10-8-17)24-15-19-11-13-22(14-12-19)21(23)25-16-18-5-3-2-4-6-18/h2-10,19H,11-16H2,1H3. The van der Waals surface area contributed by atoms with Crippen molar-refractivity contribution in [1.29, 1.82) is 0 Å². The van der Waals surface area contributed by atoms with Gasteiger partial charge in [0.2, 0.25) is 0 Å². The molecular formula is C21H25NO3. The Morgan fingerprint density at radius 3 is 2.40 bits per heavy atom. The van der Waals surface area contributed by atoms with Gasteiger partial charge in [-0.1, -0.05) is 48.0 Å². The normalized spacial score (nSPS) is 15.0. The summed E-state index contributed by atoms with van der Waals surface area (Å²) in [5, 5.41) is 0. The van der Waals surface area contributed by atoms with E-state index in [1.165, 1.54) is 5.56 Å². The Labute approximate surface area is 149 Å². The number of nitrogens with zero attached hydrogens (tertiary/aromatic N) is 1. The van der Waals surface area contributed by atoms with Crippen molar-refractivity contribution < 1.29 is 14.3 Å². The Hall–Kier alpha value is -2.49. The maximum Gasteiger partial charge on any atom is 0.410 e. The Morgan fingerprint density at radius 1 is 1.04 bits per heavy atom. The van der Waals surface area contributed by atoms with E-state index < -0.39 is 0 Å². The van der Waals surface area contributed by atoms with Crippen LogP contribution in [0.2, 0.25) is 0 Å². The Kier molecular flexibility index (Phi) is 5.94. The van der Waals surface area contributed by atoms with Gasteiger partial charge in [-0.2, -0.15) is 0 Å². The minimum absolute atomic E-state index is 0.221. The highest BCUT2D eigenvalue weighted by Crippen LogP contribution is 2.20. The monoisotopic (exact) mass is 339 g/mol. The number of carbonyl (C=O) groups excluding carboxylic acids is 1. The summed E-state index contributed by atoms with van der Waals surface area (Å²) in [4.78, 5) is 14.0. The molecule has 2 aromatic carbocycles. The fourth-order valence-corrected chi connectivity index (χ4v) is 2.94. The molecule has 0 radical (unpaired) electrons. The van der Waals surface area contributed by atoms with Crippen LogP contribution in [0.15, 0.2) is 54.6 Å². The number of carbonyl (C=O) groups is 1. The van der Waals surface area contributed by atoms with E-state index in [1.807, 2.05) is 42.5 Å². The number of hydrogen-bond donors (Lipinski definition) is 0. The zero-order valence-electron chi connectivity index (χ0n) is 14.7. The second-order valence-corrected chi connectivity index (χ2v) is 6.59. The van der Waals surface area contributed by atoms with Gasteiger partial charge in [0.1, 0.15) is 12.4 Å². The van der Waals surface area contributed by atoms with Crippen LogP contribution in [0.25, 0.3) is 0 Å². The molecule has 0 aromatic heterocycles. The second-order valence-electron chi connectivity index (χ2n) is 6.59. The van der Waals surface area contributed by atoms with Crippen LogP contribution in [0.3, 0.4) is 0 Å². The smallest absolute Gasteiger partial charge is 0.410 e. The van der Waals surface area contributed by atoms with E-state index in [4.69, 9.17) is 9.47 Å². The van der Waals surface area contributed by atoms with Gasteiger partial charge in [-0.05, 0) is 43.4 Å². The fourth-order valence-electron chi connectivity index (χ4n) is 2.94. The van der Waals surface area contributed by atoms with E-state index >= 15 is 0 Å². The summed E-state index contributed by atoms with van der Waals surface area (Å²) in [5.74, 6) is 1.40. The number of likely N-dealkylation sites (tertiary alicyclic amines) is 1. The Balaban J connectivity index is 1.37. The van der Waals surface area contributed by atoms with Gasteiger partial charge in [-0.15, -0.1) is 0 Å². The summed E-state index contributed by atoms with van der Waals surface area (Å²) in [6.45, 7) is 4.56. The zero-order valence-corrected chi connectivity index (χ0v) is 14.7. The number of ether oxygens (including phenoxy) is 2. The summed E-state index contributed by atoms with van der Waals surface area (Å²) >= 11 is 0. The van der Waals surface area contributed by atoms with E-state index in [2.05, 4.69) is 19.1 Å². The highest BCUT2D eigenvalue weighted by Gasteiger charge is 2.24. The van der Waals surface area contributed by atoms with Crippen LogP contribution in [0.5, 0.6) is 5.75 Å². The maximum atomic E-state index is 12.2. The molecule has 132 valence electrons. The van der Waals surface area contributed by atoms with Gasteiger partial charge in [0.25, 0.3) is 0 Å². The number of aryl methyl sites for hydroxylation is 1. The molecule has 3 rings (SSSR count). The molecular weight excluding hydrogens is 314 g/mol. The van der Waals surface area contributed by atoms with Crippen molar-refractivity contribution in [2.75, 3.05) is 19.7 Å². The van der Waals surface area contributed by atoms with Gasteiger partial charge in [-0.3, -0.25) is 0 Å². The minimum Gasteiger partial charge on any atom is -0.493 e. The van der Waals surface area contributed by atoms with Crippen molar-refractivity contribution in [1.82, 2.24) is 4.90 Å². The lowest BCUT2D eigenvalue weighted by Gasteiger charge is -2.31. The van der Waals surface area contributed by atoms with Crippen molar-refractivity contribution in [3.63, 3.8) is 0 Å². The molecule has 0 saturated carbocycles. The number of piperidine rings is 1. The van der Waals surface area contributed by atoms with E-state index in [1.54, 1.807) is 4.90 Å². The van der Waals surface area contributed by atoms with Crippen molar-refractivity contribution in [2.24, 2.45) is 5.92 Å². The van der Waals surface area contributed by atoms with Gasteiger partial charge < -0.3 is 14.4 Å². The summed E-state index contributed by atoms with van der Waals surface area (Å²) < 4.78 is 11.3. The summed E-state index contributed by atoms with van der Waals surface area (Å²) in [6.07, 6.45) is 1.68.